The minimum atomic E-state index is -5.40. The first-order chi connectivity index (χ1) is 10.5. The number of nitrogens with one attached hydrogen (secondary N) is 1. The van der Waals surface area contributed by atoms with Gasteiger partial charge in [-0.3, -0.25) is 4.79 Å². The van der Waals surface area contributed by atoms with Crippen LogP contribution < -0.4 is 5.32 Å². The lowest BCUT2D eigenvalue weighted by Gasteiger charge is -2.36. The number of benzene rings is 1. The summed E-state index contributed by atoms with van der Waals surface area (Å²) in [5, 5.41) is 3.26. The van der Waals surface area contributed by atoms with E-state index in [4.69, 9.17) is 0 Å². The molecule has 1 aromatic carbocycles. The standard InChI is InChI=1S/C14H17F3N2O3S/c1-9-7-19(8-10(2)18-9)13(20)11-3-5-12(6-4-11)23(21,22)14(15,16)17/h3-6,9-10,18H,7-8H2,1-2H3/t9-,10+. The summed E-state index contributed by atoms with van der Waals surface area (Å²) in [6.45, 7) is 4.81. The first-order valence-electron chi connectivity index (χ1n) is 6.99. The average Bonchev–Trinajstić information content (AvgIpc) is 2.44. The minimum Gasteiger partial charge on any atom is -0.336 e. The number of sulfone groups is 1. The third-order valence-corrected chi connectivity index (χ3v) is 5.06. The average molecular weight is 350 g/mol. The number of piperazine rings is 1. The predicted molar refractivity (Wildman–Crippen MR) is 77.6 cm³/mol. The highest BCUT2D eigenvalue weighted by atomic mass is 32.2. The van der Waals surface area contributed by atoms with Crippen LogP contribution in [0.4, 0.5) is 13.2 Å². The maximum absolute atomic E-state index is 12.5. The second-order valence-electron chi connectivity index (χ2n) is 5.65. The molecule has 0 spiro atoms. The zero-order valence-electron chi connectivity index (χ0n) is 12.6. The molecule has 0 bridgehead atoms. The van der Waals surface area contributed by atoms with E-state index in [0.29, 0.717) is 13.1 Å². The Bertz CT molecular complexity index is 676. The van der Waals surface area contributed by atoms with Crippen molar-refractivity contribution in [3.63, 3.8) is 0 Å². The summed E-state index contributed by atoms with van der Waals surface area (Å²) in [6, 6.07) is 4.05. The maximum Gasteiger partial charge on any atom is 0.501 e. The Morgan fingerprint density at radius 1 is 1.13 bits per heavy atom. The SMILES string of the molecule is C[C@@H]1CN(C(=O)c2ccc(S(=O)(=O)C(F)(F)F)cc2)C[C@H](C)N1. The van der Waals surface area contributed by atoms with Gasteiger partial charge in [-0.2, -0.15) is 13.2 Å². The van der Waals surface area contributed by atoms with Crippen molar-refractivity contribution < 1.29 is 26.4 Å². The van der Waals surface area contributed by atoms with Crippen molar-refractivity contribution in [2.24, 2.45) is 0 Å². The van der Waals surface area contributed by atoms with Crippen LogP contribution in [-0.2, 0) is 9.84 Å². The molecule has 1 aliphatic rings. The van der Waals surface area contributed by atoms with Gasteiger partial charge in [0.25, 0.3) is 15.7 Å². The third-order valence-electron chi connectivity index (χ3n) is 3.56. The summed E-state index contributed by atoms with van der Waals surface area (Å²) in [5.74, 6) is -0.332. The smallest absolute Gasteiger partial charge is 0.336 e. The van der Waals surface area contributed by atoms with E-state index < -0.39 is 20.2 Å². The van der Waals surface area contributed by atoms with E-state index in [1.165, 1.54) is 0 Å². The molecule has 5 nitrogen and oxygen atoms in total. The van der Waals surface area contributed by atoms with Crippen LogP contribution in [0, 0.1) is 0 Å². The van der Waals surface area contributed by atoms with Crippen molar-refractivity contribution in [1.82, 2.24) is 10.2 Å². The summed E-state index contributed by atoms with van der Waals surface area (Å²) in [7, 11) is -5.40. The number of halogens is 3. The number of alkyl halides is 3. The fourth-order valence-corrected chi connectivity index (χ4v) is 3.35. The molecule has 128 valence electrons. The van der Waals surface area contributed by atoms with Crippen LogP contribution in [0.5, 0.6) is 0 Å². The van der Waals surface area contributed by atoms with Crippen molar-refractivity contribution >= 4 is 15.7 Å². The van der Waals surface area contributed by atoms with Crippen LogP contribution in [-0.4, -0.2) is 49.9 Å². The first kappa shape index (κ1) is 17.7. The van der Waals surface area contributed by atoms with Gasteiger partial charge in [0.15, 0.2) is 0 Å². The van der Waals surface area contributed by atoms with Crippen molar-refractivity contribution in [2.45, 2.75) is 36.3 Å². The van der Waals surface area contributed by atoms with E-state index in [0.717, 1.165) is 24.3 Å². The quantitative estimate of drug-likeness (QED) is 0.883. The van der Waals surface area contributed by atoms with Gasteiger partial charge < -0.3 is 10.2 Å². The van der Waals surface area contributed by atoms with Crippen LogP contribution in [0.15, 0.2) is 29.2 Å². The highest BCUT2D eigenvalue weighted by Crippen LogP contribution is 2.30. The summed E-state index contributed by atoms with van der Waals surface area (Å²) in [5.41, 5.74) is -5.20. The Labute approximate surface area is 132 Å². The van der Waals surface area contributed by atoms with Crippen molar-refractivity contribution in [2.75, 3.05) is 13.1 Å². The Hall–Kier alpha value is -1.61. The summed E-state index contributed by atoms with van der Waals surface area (Å²) < 4.78 is 60.0. The Balaban J connectivity index is 2.21. The van der Waals surface area contributed by atoms with Crippen LogP contribution in [0.1, 0.15) is 24.2 Å². The number of nitrogens with zero attached hydrogens (tertiary/aromatic N) is 1. The lowest BCUT2D eigenvalue weighted by atomic mass is 10.1. The van der Waals surface area contributed by atoms with Gasteiger partial charge in [-0.25, -0.2) is 8.42 Å². The molecule has 0 aliphatic carbocycles. The molecule has 1 aromatic rings. The fraction of sp³-hybridized carbons (Fsp3) is 0.500. The molecule has 0 aromatic heterocycles. The van der Waals surface area contributed by atoms with Crippen molar-refractivity contribution in [3.05, 3.63) is 29.8 Å². The molecule has 23 heavy (non-hydrogen) atoms. The van der Waals surface area contributed by atoms with E-state index in [2.05, 4.69) is 5.32 Å². The van der Waals surface area contributed by atoms with E-state index in [1.807, 2.05) is 13.8 Å². The molecule has 1 N–H and O–H groups in total. The van der Waals surface area contributed by atoms with Gasteiger partial charge in [-0.1, -0.05) is 0 Å². The highest BCUT2D eigenvalue weighted by molar-refractivity contribution is 7.92. The highest BCUT2D eigenvalue weighted by Gasteiger charge is 2.46. The molecule has 2 atom stereocenters. The van der Waals surface area contributed by atoms with Gasteiger partial charge in [0, 0.05) is 30.7 Å². The van der Waals surface area contributed by atoms with Gasteiger partial charge >= 0.3 is 5.51 Å². The lowest BCUT2D eigenvalue weighted by Crippen LogP contribution is -2.55. The molecule has 1 aliphatic heterocycles. The van der Waals surface area contributed by atoms with Crippen LogP contribution in [0.2, 0.25) is 0 Å². The predicted octanol–water partition coefficient (Wildman–Crippen LogP) is 1.80. The zero-order chi connectivity index (χ0) is 17.4. The maximum atomic E-state index is 12.5. The monoisotopic (exact) mass is 350 g/mol. The van der Waals surface area contributed by atoms with Crippen LogP contribution >= 0.6 is 0 Å². The molecule has 0 saturated carbocycles. The molecular formula is C14H17F3N2O3S. The number of hydrogen-bond donors (Lipinski definition) is 1. The molecular weight excluding hydrogens is 333 g/mol. The molecule has 1 saturated heterocycles. The Kier molecular flexibility index (Phi) is 4.72. The summed E-state index contributed by atoms with van der Waals surface area (Å²) in [6.07, 6.45) is 0. The van der Waals surface area contributed by atoms with Gasteiger partial charge in [-0.05, 0) is 38.1 Å². The Morgan fingerprint density at radius 3 is 2.04 bits per heavy atom. The largest absolute Gasteiger partial charge is 0.501 e. The molecule has 1 amide bonds. The minimum absolute atomic E-state index is 0.104. The fourth-order valence-electron chi connectivity index (χ4n) is 2.59. The summed E-state index contributed by atoms with van der Waals surface area (Å²) in [4.78, 5) is 13.1. The van der Waals surface area contributed by atoms with Gasteiger partial charge in [0.1, 0.15) is 0 Å². The molecule has 2 rings (SSSR count). The first-order valence-corrected chi connectivity index (χ1v) is 8.47. The van der Waals surface area contributed by atoms with Crippen LogP contribution in [0.25, 0.3) is 0 Å². The van der Waals surface area contributed by atoms with Gasteiger partial charge in [0.2, 0.25) is 0 Å². The number of rotatable bonds is 2. The normalized spacial score (nSPS) is 22.9. The number of amides is 1. The third kappa shape index (κ3) is 3.66. The number of carbonyl (C=O) groups excluding carboxylic acids is 1. The van der Waals surface area contributed by atoms with Crippen molar-refractivity contribution in [1.29, 1.82) is 0 Å². The van der Waals surface area contributed by atoms with Crippen molar-refractivity contribution in [3.8, 4) is 0 Å². The summed E-state index contributed by atoms with van der Waals surface area (Å²) >= 11 is 0. The lowest BCUT2D eigenvalue weighted by molar-refractivity contribution is -0.0436. The van der Waals surface area contributed by atoms with E-state index >= 15 is 0 Å². The van der Waals surface area contributed by atoms with Gasteiger partial charge in [0.05, 0.1) is 4.90 Å². The van der Waals surface area contributed by atoms with E-state index in [9.17, 15) is 26.4 Å². The molecule has 9 heteroatoms. The topological polar surface area (TPSA) is 66.5 Å². The second-order valence-corrected chi connectivity index (χ2v) is 7.59. The van der Waals surface area contributed by atoms with Crippen LogP contribution in [0.3, 0.4) is 0 Å². The number of hydrogen-bond acceptors (Lipinski definition) is 4. The zero-order valence-corrected chi connectivity index (χ0v) is 13.4. The van der Waals surface area contributed by atoms with E-state index in [1.54, 1.807) is 4.90 Å². The molecule has 0 unspecified atom stereocenters. The van der Waals surface area contributed by atoms with E-state index in [-0.39, 0.29) is 23.6 Å². The molecule has 0 radical (unpaired) electrons. The Morgan fingerprint density at radius 2 is 1.61 bits per heavy atom. The molecule has 1 heterocycles. The number of carbonyl (C=O) groups is 1. The second kappa shape index (κ2) is 6.12. The van der Waals surface area contributed by atoms with Gasteiger partial charge in [-0.15, -0.1) is 0 Å². The molecule has 1 fully saturated rings.